The second-order valence-corrected chi connectivity index (χ2v) is 8.90. The van der Waals surface area contributed by atoms with E-state index in [-0.39, 0.29) is 24.0 Å². The van der Waals surface area contributed by atoms with Gasteiger partial charge < -0.3 is 24.5 Å². The Morgan fingerprint density at radius 1 is 1.16 bits per heavy atom. The molecule has 1 aromatic heterocycles. The summed E-state index contributed by atoms with van der Waals surface area (Å²) in [7, 11) is 3.34. The monoisotopic (exact) mass is 435 g/mol. The number of benzene rings is 2. The van der Waals surface area contributed by atoms with Crippen LogP contribution in [0.5, 0.6) is 11.5 Å². The summed E-state index contributed by atoms with van der Waals surface area (Å²) in [6.45, 7) is 4.38. The number of nitrogens with zero attached hydrogens (tertiary/aromatic N) is 2. The quantitative estimate of drug-likeness (QED) is 0.645. The Morgan fingerprint density at radius 3 is 2.62 bits per heavy atom. The maximum absolute atomic E-state index is 12.1. The van der Waals surface area contributed by atoms with Crippen LogP contribution in [0.4, 0.5) is 0 Å². The van der Waals surface area contributed by atoms with Gasteiger partial charge in [-0.3, -0.25) is 9.69 Å². The molecule has 168 valence electrons. The fourth-order valence-electron chi connectivity index (χ4n) is 5.50. The first kappa shape index (κ1) is 20.8. The van der Waals surface area contributed by atoms with Crippen LogP contribution in [0.2, 0.25) is 0 Å². The molecular weight excluding hydrogens is 406 g/mol. The van der Waals surface area contributed by atoms with Crippen molar-refractivity contribution in [2.75, 3.05) is 40.5 Å². The lowest BCUT2D eigenvalue weighted by Gasteiger charge is -2.56. The molecule has 1 spiro atoms. The summed E-state index contributed by atoms with van der Waals surface area (Å²) in [6.07, 6.45) is 0. The Labute approximate surface area is 187 Å². The highest BCUT2D eigenvalue weighted by atomic mass is 16.5. The molecule has 2 aromatic carbocycles. The van der Waals surface area contributed by atoms with Crippen molar-refractivity contribution in [2.45, 2.75) is 24.9 Å². The molecule has 1 amide bonds. The molecule has 1 fully saturated rings. The lowest BCUT2D eigenvalue weighted by Crippen LogP contribution is -2.67. The zero-order valence-corrected chi connectivity index (χ0v) is 18.7. The van der Waals surface area contributed by atoms with Gasteiger partial charge in [-0.05, 0) is 23.8 Å². The first-order valence-corrected chi connectivity index (χ1v) is 10.9. The minimum atomic E-state index is -0.179. The van der Waals surface area contributed by atoms with E-state index < -0.39 is 0 Å². The van der Waals surface area contributed by atoms with Crippen molar-refractivity contribution >= 4 is 16.8 Å². The number of hydrogen-bond donors (Lipinski definition) is 2. The maximum Gasteiger partial charge on any atom is 0.219 e. The number of ether oxygens (including phenoxy) is 2. The molecule has 3 heterocycles. The minimum absolute atomic E-state index is 0.00138. The summed E-state index contributed by atoms with van der Waals surface area (Å²) < 4.78 is 11.0. The number of methoxy groups -OCH3 is 2. The second kappa shape index (κ2) is 7.83. The number of aromatic nitrogens is 1. The third-order valence-corrected chi connectivity index (χ3v) is 7.02. The summed E-state index contributed by atoms with van der Waals surface area (Å²) in [5.41, 5.74) is 4.14. The smallest absolute Gasteiger partial charge is 0.219 e. The number of nitrogens with one attached hydrogen (secondary N) is 1. The van der Waals surface area contributed by atoms with Crippen LogP contribution < -0.4 is 9.47 Å². The number of fused-ring (bicyclic) bond motifs is 4. The topological polar surface area (TPSA) is 78.0 Å². The number of amides is 1. The average molecular weight is 436 g/mol. The maximum atomic E-state index is 12.1. The van der Waals surface area contributed by atoms with E-state index >= 15 is 0 Å². The lowest BCUT2D eigenvalue weighted by atomic mass is 9.68. The van der Waals surface area contributed by atoms with Gasteiger partial charge in [0.05, 0.1) is 26.9 Å². The molecule has 2 aliphatic rings. The van der Waals surface area contributed by atoms with Crippen LogP contribution >= 0.6 is 0 Å². The van der Waals surface area contributed by atoms with Crippen molar-refractivity contribution in [1.82, 2.24) is 14.8 Å². The third-order valence-electron chi connectivity index (χ3n) is 7.02. The SMILES string of the molecule is COc1ccc2c3c([nH]c2c1)[C@H](CO)N(Cc1ccccc1OC)CC31CN(C(C)=O)C1. The van der Waals surface area contributed by atoms with Gasteiger partial charge in [0, 0.05) is 66.7 Å². The van der Waals surface area contributed by atoms with Crippen LogP contribution in [-0.4, -0.2) is 66.3 Å². The Morgan fingerprint density at radius 2 is 1.94 bits per heavy atom. The Bertz CT molecular complexity index is 1170. The number of aromatic amines is 1. The lowest BCUT2D eigenvalue weighted by molar-refractivity contribution is -0.138. The van der Waals surface area contributed by atoms with E-state index in [9.17, 15) is 9.90 Å². The van der Waals surface area contributed by atoms with E-state index in [4.69, 9.17) is 9.47 Å². The van der Waals surface area contributed by atoms with Crippen molar-refractivity contribution in [2.24, 2.45) is 0 Å². The Balaban J connectivity index is 1.61. The number of aliphatic hydroxyl groups excluding tert-OH is 1. The molecule has 1 atom stereocenters. The number of hydrogen-bond acceptors (Lipinski definition) is 5. The van der Waals surface area contributed by atoms with Gasteiger partial charge in [0.25, 0.3) is 0 Å². The van der Waals surface area contributed by atoms with E-state index in [0.717, 1.165) is 40.2 Å². The number of likely N-dealkylation sites (tertiary alicyclic amines) is 1. The minimum Gasteiger partial charge on any atom is -0.497 e. The molecule has 2 N–H and O–H groups in total. The number of carbonyl (C=O) groups is 1. The fraction of sp³-hybridized carbons (Fsp3) is 0.400. The van der Waals surface area contributed by atoms with E-state index in [1.165, 1.54) is 5.56 Å². The Kier molecular flexibility index (Phi) is 5.10. The highest BCUT2D eigenvalue weighted by Gasteiger charge is 2.53. The number of rotatable bonds is 5. The number of carbonyl (C=O) groups excluding carboxylic acids is 1. The second-order valence-electron chi connectivity index (χ2n) is 8.90. The largest absolute Gasteiger partial charge is 0.497 e. The van der Waals surface area contributed by atoms with Crippen LogP contribution in [0.15, 0.2) is 42.5 Å². The summed E-state index contributed by atoms with van der Waals surface area (Å²) in [5.74, 6) is 1.72. The molecule has 0 saturated carbocycles. The fourth-order valence-corrected chi connectivity index (χ4v) is 5.50. The number of para-hydroxylation sites is 1. The van der Waals surface area contributed by atoms with E-state index in [2.05, 4.69) is 22.0 Å². The number of aliphatic hydroxyl groups is 1. The molecule has 0 aliphatic carbocycles. The molecule has 32 heavy (non-hydrogen) atoms. The summed E-state index contributed by atoms with van der Waals surface area (Å²) in [5, 5.41) is 11.6. The van der Waals surface area contributed by atoms with Gasteiger partial charge in [-0.1, -0.05) is 18.2 Å². The zero-order valence-electron chi connectivity index (χ0n) is 18.7. The molecule has 0 bridgehead atoms. The first-order valence-electron chi connectivity index (χ1n) is 10.9. The predicted molar refractivity (Wildman–Crippen MR) is 122 cm³/mol. The highest BCUT2D eigenvalue weighted by molar-refractivity contribution is 5.88. The van der Waals surface area contributed by atoms with Crippen LogP contribution in [0.25, 0.3) is 10.9 Å². The Hall–Kier alpha value is -3.03. The molecule has 0 unspecified atom stereocenters. The molecule has 2 aliphatic heterocycles. The average Bonchev–Trinajstić information content (AvgIpc) is 3.15. The van der Waals surface area contributed by atoms with Crippen molar-refractivity contribution in [1.29, 1.82) is 0 Å². The van der Waals surface area contributed by atoms with Crippen LogP contribution in [0, 0.1) is 0 Å². The van der Waals surface area contributed by atoms with Crippen LogP contribution in [0.1, 0.15) is 29.8 Å². The van der Waals surface area contributed by atoms with Crippen molar-refractivity contribution in [3.8, 4) is 11.5 Å². The zero-order chi connectivity index (χ0) is 22.5. The first-order chi connectivity index (χ1) is 15.5. The predicted octanol–water partition coefficient (Wildman–Crippen LogP) is 2.83. The molecule has 5 rings (SSSR count). The van der Waals surface area contributed by atoms with E-state index in [0.29, 0.717) is 19.6 Å². The van der Waals surface area contributed by atoms with E-state index in [1.54, 1.807) is 21.1 Å². The molecule has 1 saturated heterocycles. The van der Waals surface area contributed by atoms with Gasteiger partial charge >= 0.3 is 0 Å². The number of H-pyrrole nitrogens is 1. The van der Waals surface area contributed by atoms with Gasteiger partial charge in [0.2, 0.25) is 5.91 Å². The van der Waals surface area contributed by atoms with Gasteiger partial charge in [0.1, 0.15) is 11.5 Å². The van der Waals surface area contributed by atoms with Gasteiger partial charge in [0.15, 0.2) is 0 Å². The third kappa shape index (κ3) is 3.15. The standard InChI is InChI=1S/C25H29N3O4/c1-16(30)28-14-25(15-28)13-27(11-17-6-4-5-7-22(17)32-3)21(12-29)24-23(25)19-9-8-18(31-2)10-20(19)26-24/h4-10,21,26,29H,11-15H2,1-3H3/t21-/m0/s1. The van der Waals surface area contributed by atoms with Crippen LogP contribution in [-0.2, 0) is 16.8 Å². The van der Waals surface area contributed by atoms with Crippen molar-refractivity contribution in [3.05, 3.63) is 59.3 Å². The van der Waals surface area contributed by atoms with Crippen molar-refractivity contribution < 1.29 is 19.4 Å². The molecule has 0 radical (unpaired) electrons. The van der Waals surface area contributed by atoms with E-state index in [1.807, 2.05) is 35.2 Å². The molecule has 3 aromatic rings. The van der Waals surface area contributed by atoms with Crippen molar-refractivity contribution in [3.63, 3.8) is 0 Å². The highest BCUT2D eigenvalue weighted by Crippen LogP contribution is 2.49. The summed E-state index contributed by atoms with van der Waals surface area (Å²) in [4.78, 5) is 19.8. The molecular formula is C25H29N3O4. The summed E-state index contributed by atoms with van der Waals surface area (Å²) >= 11 is 0. The molecule has 7 nitrogen and oxygen atoms in total. The molecule has 7 heteroatoms. The van der Waals surface area contributed by atoms with Crippen LogP contribution in [0.3, 0.4) is 0 Å². The summed E-state index contributed by atoms with van der Waals surface area (Å²) in [6, 6.07) is 13.9. The van der Waals surface area contributed by atoms with Gasteiger partial charge in [-0.25, -0.2) is 0 Å². The normalized spacial score (nSPS) is 19.6. The van der Waals surface area contributed by atoms with Gasteiger partial charge in [-0.15, -0.1) is 0 Å². The van der Waals surface area contributed by atoms with Gasteiger partial charge in [-0.2, -0.15) is 0 Å².